The second-order valence-electron chi connectivity index (χ2n) is 4.85. The topological polar surface area (TPSA) is 36.4 Å². The molecule has 1 aromatic carbocycles. The number of anilines is 1. The van der Waals surface area contributed by atoms with Crippen LogP contribution in [0.5, 0.6) is 0 Å². The summed E-state index contributed by atoms with van der Waals surface area (Å²) in [5, 5.41) is 9.17. The predicted octanol–water partition coefficient (Wildman–Crippen LogP) is 2.83. The summed E-state index contributed by atoms with van der Waals surface area (Å²) < 4.78 is 0. The Labute approximate surface area is 114 Å². The molecule has 100 valence electrons. The fraction of sp³-hybridized carbons (Fsp3) is 0.312. The first kappa shape index (κ1) is 13.6. The molecule has 0 atom stereocenters. The molecule has 2 aromatic rings. The quantitative estimate of drug-likeness (QED) is 0.913. The summed E-state index contributed by atoms with van der Waals surface area (Å²) >= 11 is 0. The standard InChI is InChI=1S/C16H20N2O/c1-12-6-4-5-7-14(12)10-18(3)16-9-8-15(11-19)13(2)17-16/h4-9,19H,10-11H2,1-3H3. The molecule has 0 unspecified atom stereocenters. The Balaban J connectivity index is 2.18. The number of aliphatic hydroxyl groups is 1. The highest BCUT2D eigenvalue weighted by Crippen LogP contribution is 2.17. The van der Waals surface area contributed by atoms with Crippen LogP contribution in [-0.2, 0) is 13.2 Å². The number of aromatic nitrogens is 1. The van der Waals surface area contributed by atoms with Gasteiger partial charge in [-0.25, -0.2) is 4.98 Å². The number of aliphatic hydroxyl groups excluding tert-OH is 1. The molecular weight excluding hydrogens is 236 g/mol. The number of hydrogen-bond donors (Lipinski definition) is 1. The summed E-state index contributed by atoms with van der Waals surface area (Å²) in [6.07, 6.45) is 0. The smallest absolute Gasteiger partial charge is 0.128 e. The molecule has 0 aliphatic carbocycles. The van der Waals surface area contributed by atoms with E-state index >= 15 is 0 Å². The molecule has 1 heterocycles. The van der Waals surface area contributed by atoms with Gasteiger partial charge in [-0.15, -0.1) is 0 Å². The molecule has 2 rings (SSSR count). The van der Waals surface area contributed by atoms with E-state index in [1.165, 1.54) is 11.1 Å². The van der Waals surface area contributed by atoms with Crippen LogP contribution in [0.4, 0.5) is 5.82 Å². The Morgan fingerprint density at radius 1 is 1.05 bits per heavy atom. The summed E-state index contributed by atoms with van der Waals surface area (Å²) in [5.74, 6) is 0.929. The van der Waals surface area contributed by atoms with Gasteiger partial charge in [-0.2, -0.15) is 0 Å². The lowest BCUT2D eigenvalue weighted by Gasteiger charge is -2.20. The largest absolute Gasteiger partial charge is 0.392 e. The van der Waals surface area contributed by atoms with E-state index in [9.17, 15) is 0 Å². The zero-order valence-corrected chi connectivity index (χ0v) is 11.7. The minimum Gasteiger partial charge on any atom is -0.392 e. The predicted molar refractivity (Wildman–Crippen MR) is 78.2 cm³/mol. The molecule has 0 aliphatic rings. The first-order valence-electron chi connectivity index (χ1n) is 6.45. The second-order valence-corrected chi connectivity index (χ2v) is 4.85. The monoisotopic (exact) mass is 256 g/mol. The van der Waals surface area contributed by atoms with Crippen LogP contribution in [0.3, 0.4) is 0 Å². The minimum atomic E-state index is 0.0423. The van der Waals surface area contributed by atoms with Gasteiger partial charge in [0.2, 0.25) is 0 Å². The van der Waals surface area contributed by atoms with Crippen molar-refractivity contribution < 1.29 is 5.11 Å². The van der Waals surface area contributed by atoms with E-state index in [2.05, 4.69) is 41.1 Å². The van der Waals surface area contributed by atoms with E-state index in [0.29, 0.717) is 0 Å². The van der Waals surface area contributed by atoms with Gasteiger partial charge in [0.1, 0.15) is 5.82 Å². The molecule has 0 saturated carbocycles. The van der Waals surface area contributed by atoms with Crippen LogP contribution in [-0.4, -0.2) is 17.1 Å². The number of rotatable bonds is 4. The molecule has 0 aliphatic heterocycles. The van der Waals surface area contributed by atoms with Crippen molar-refractivity contribution in [3.63, 3.8) is 0 Å². The molecule has 0 amide bonds. The Kier molecular flexibility index (Phi) is 4.17. The van der Waals surface area contributed by atoms with Crippen molar-refractivity contribution >= 4 is 5.82 Å². The maximum Gasteiger partial charge on any atom is 0.128 e. The van der Waals surface area contributed by atoms with Crippen molar-refractivity contribution in [3.8, 4) is 0 Å². The summed E-state index contributed by atoms with van der Waals surface area (Å²) in [6, 6.07) is 12.3. The molecule has 0 fully saturated rings. The van der Waals surface area contributed by atoms with Gasteiger partial charge in [0.05, 0.1) is 6.61 Å². The molecule has 0 bridgehead atoms. The van der Waals surface area contributed by atoms with Crippen molar-refractivity contribution in [2.24, 2.45) is 0 Å². The summed E-state index contributed by atoms with van der Waals surface area (Å²) in [5.41, 5.74) is 4.36. The van der Waals surface area contributed by atoms with Gasteiger partial charge in [0, 0.05) is 19.3 Å². The molecule has 0 saturated heterocycles. The van der Waals surface area contributed by atoms with E-state index in [1.807, 2.05) is 26.1 Å². The molecule has 0 spiro atoms. The summed E-state index contributed by atoms with van der Waals surface area (Å²) in [6.45, 7) is 4.92. The van der Waals surface area contributed by atoms with Crippen molar-refractivity contribution in [1.29, 1.82) is 0 Å². The Bertz CT molecular complexity index is 566. The summed E-state index contributed by atoms with van der Waals surface area (Å²) in [7, 11) is 2.03. The zero-order chi connectivity index (χ0) is 13.8. The van der Waals surface area contributed by atoms with Crippen molar-refractivity contribution in [2.75, 3.05) is 11.9 Å². The number of aryl methyl sites for hydroxylation is 2. The maximum absolute atomic E-state index is 9.17. The molecule has 1 N–H and O–H groups in total. The van der Waals surface area contributed by atoms with Crippen molar-refractivity contribution in [2.45, 2.75) is 27.0 Å². The lowest BCUT2D eigenvalue weighted by molar-refractivity contribution is 0.280. The average Bonchev–Trinajstić information content (AvgIpc) is 2.41. The van der Waals surface area contributed by atoms with E-state index in [-0.39, 0.29) is 6.61 Å². The molecule has 0 radical (unpaired) electrons. The van der Waals surface area contributed by atoms with Gasteiger partial charge in [-0.05, 0) is 36.6 Å². The van der Waals surface area contributed by atoms with E-state index in [0.717, 1.165) is 23.6 Å². The zero-order valence-electron chi connectivity index (χ0n) is 11.7. The average molecular weight is 256 g/mol. The van der Waals surface area contributed by atoms with E-state index < -0.39 is 0 Å². The van der Waals surface area contributed by atoms with Crippen LogP contribution in [0.25, 0.3) is 0 Å². The fourth-order valence-corrected chi connectivity index (χ4v) is 2.08. The van der Waals surface area contributed by atoms with Crippen LogP contribution in [0.1, 0.15) is 22.4 Å². The molecule has 3 nitrogen and oxygen atoms in total. The minimum absolute atomic E-state index is 0.0423. The number of hydrogen-bond acceptors (Lipinski definition) is 3. The number of pyridine rings is 1. The Morgan fingerprint density at radius 3 is 2.42 bits per heavy atom. The third-order valence-electron chi connectivity index (χ3n) is 3.41. The van der Waals surface area contributed by atoms with Crippen LogP contribution in [0.2, 0.25) is 0 Å². The Hall–Kier alpha value is -1.87. The first-order chi connectivity index (χ1) is 9.11. The van der Waals surface area contributed by atoms with Gasteiger partial charge in [0.15, 0.2) is 0 Å². The lowest BCUT2D eigenvalue weighted by Crippen LogP contribution is -2.18. The highest BCUT2D eigenvalue weighted by atomic mass is 16.3. The SMILES string of the molecule is Cc1ccccc1CN(C)c1ccc(CO)c(C)n1. The molecule has 1 aromatic heterocycles. The van der Waals surface area contributed by atoms with Gasteiger partial charge in [-0.3, -0.25) is 0 Å². The van der Waals surface area contributed by atoms with Crippen molar-refractivity contribution in [3.05, 3.63) is 58.8 Å². The highest BCUT2D eigenvalue weighted by Gasteiger charge is 2.07. The van der Waals surface area contributed by atoms with Gasteiger partial charge in [0.25, 0.3) is 0 Å². The van der Waals surface area contributed by atoms with Crippen LogP contribution >= 0.6 is 0 Å². The second kappa shape index (κ2) is 5.85. The first-order valence-corrected chi connectivity index (χ1v) is 6.45. The molecule has 3 heteroatoms. The van der Waals surface area contributed by atoms with E-state index in [1.54, 1.807) is 0 Å². The highest BCUT2D eigenvalue weighted by molar-refractivity contribution is 5.42. The van der Waals surface area contributed by atoms with E-state index in [4.69, 9.17) is 5.11 Å². The Morgan fingerprint density at radius 2 is 1.79 bits per heavy atom. The van der Waals surface area contributed by atoms with Gasteiger partial charge in [-0.1, -0.05) is 30.3 Å². The normalized spacial score (nSPS) is 10.5. The third-order valence-corrected chi connectivity index (χ3v) is 3.41. The fourth-order valence-electron chi connectivity index (χ4n) is 2.08. The van der Waals surface area contributed by atoms with Crippen LogP contribution in [0, 0.1) is 13.8 Å². The van der Waals surface area contributed by atoms with Crippen LogP contribution < -0.4 is 4.90 Å². The lowest BCUT2D eigenvalue weighted by atomic mass is 10.1. The number of nitrogens with zero attached hydrogens (tertiary/aromatic N) is 2. The molecular formula is C16H20N2O. The number of benzene rings is 1. The van der Waals surface area contributed by atoms with Crippen LogP contribution in [0.15, 0.2) is 36.4 Å². The molecule has 19 heavy (non-hydrogen) atoms. The maximum atomic E-state index is 9.17. The van der Waals surface area contributed by atoms with Gasteiger partial charge < -0.3 is 10.0 Å². The third kappa shape index (κ3) is 3.12. The van der Waals surface area contributed by atoms with Crippen molar-refractivity contribution in [1.82, 2.24) is 4.98 Å². The summed E-state index contributed by atoms with van der Waals surface area (Å²) in [4.78, 5) is 6.66. The van der Waals surface area contributed by atoms with Gasteiger partial charge >= 0.3 is 0 Å².